The number of rotatable bonds is 3. The van der Waals surface area contributed by atoms with Crippen LogP contribution in [0, 0.1) is 11.3 Å². The van der Waals surface area contributed by atoms with E-state index in [1.54, 1.807) is 0 Å². The molecule has 0 saturated carbocycles. The lowest BCUT2D eigenvalue weighted by Gasteiger charge is -2.32. The van der Waals surface area contributed by atoms with Crippen molar-refractivity contribution in [3.8, 4) is 0 Å². The van der Waals surface area contributed by atoms with E-state index in [1.165, 1.54) is 12.4 Å². The van der Waals surface area contributed by atoms with Gasteiger partial charge in [-0.05, 0) is 31.5 Å². The molecule has 1 saturated heterocycles. The largest absolute Gasteiger partial charge is 0.404 e. The van der Waals surface area contributed by atoms with Crippen LogP contribution in [0.2, 0.25) is 0 Å². The first-order valence-electron chi connectivity index (χ1n) is 5.16. The van der Waals surface area contributed by atoms with Gasteiger partial charge in [0.05, 0.1) is 7.14 Å². The molecule has 5 heteroatoms. The molecular weight excluding hydrogens is 209 g/mol. The second-order valence-corrected chi connectivity index (χ2v) is 8.09. The van der Waals surface area contributed by atoms with Crippen LogP contribution in [-0.4, -0.2) is 38.3 Å². The van der Waals surface area contributed by atoms with E-state index in [9.17, 15) is 4.57 Å². The maximum atomic E-state index is 12.0. The molecule has 2 atom stereocenters. The van der Waals surface area contributed by atoms with Crippen LogP contribution in [0.25, 0.3) is 0 Å². The zero-order valence-electron chi connectivity index (χ0n) is 9.36. The lowest BCUT2D eigenvalue weighted by molar-refractivity contribution is 0.425. The molecule has 1 fully saturated rings. The summed E-state index contributed by atoms with van der Waals surface area (Å²) in [5.74, 6) is 0.236. The predicted octanol–water partition coefficient (Wildman–Crippen LogP) is 1.08. The Morgan fingerprint density at radius 3 is 2.67 bits per heavy atom. The summed E-state index contributed by atoms with van der Waals surface area (Å²) in [4.78, 5) is 0. The van der Waals surface area contributed by atoms with Gasteiger partial charge in [0, 0.05) is 30.9 Å². The van der Waals surface area contributed by atoms with Gasteiger partial charge in [-0.2, -0.15) is 0 Å². The van der Waals surface area contributed by atoms with Crippen molar-refractivity contribution in [2.24, 2.45) is 11.7 Å². The first kappa shape index (κ1) is 12.5. The molecule has 0 aromatic rings. The topological polar surface area (TPSA) is 79.0 Å². The third-order valence-electron chi connectivity index (χ3n) is 3.04. The molecule has 1 heterocycles. The summed E-state index contributed by atoms with van der Waals surface area (Å²) >= 11 is 0. The van der Waals surface area contributed by atoms with E-state index in [-0.39, 0.29) is 11.6 Å². The molecule has 1 aliphatic rings. The van der Waals surface area contributed by atoms with Crippen molar-refractivity contribution >= 4 is 13.4 Å². The highest BCUT2D eigenvalue weighted by Crippen LogP contribution is 2.46. The van der Waals surface area contributed by atoms with E-state index < -0.39 is 7.14 Å². The van der Waals surface area contributed by atoms with Crippen LogP contribution in [0.3, 0.4) is 0 Å². The molecule has 2 unspecified atom stereocenters. The third-order valence-corrected chi connectivity index (χ3v) is 5.19. The molecule has 15 heavy (non-hydrogen) atoms. The highest BCUT2D eigenvalue weighted by molar-refractivity contribution is 7.63. The fourth-order valence-corrected chi connectivity index (χ4v) is 3.28. The minimum atomic E-state index is -2.04. The molecule has 0 spiro atoms. The Labute approximate surface area is 91.2 Å². The predicted molar refractivity (Wildman–Crippen MR) is 65.3 cm³/mol. The molecule has 0 radical (unpaired) electrons. The van der Waals surface area contributed by atoms with Gasteiger partial charge in [-0.15, -0.1) is 0 Å². The number of nitrogens with one attached hydrogen (secondary N) is 2. The molecule has 0 aromatic carbocycles. The highest BCUT2D eigenvalue weighted by Gasteiger charge is 2.30. The van der Waals surface area contributed by atoms with Crippen LogP contribution in [0.5, 0.6) is 0 Å². The molecule has 86 valence electrons. The molecule has 0 bridgehead atoms. The second-order valence-electron chi connectivity index (χ2n) is 4.49. The van der Waals surface area contributed by atoms with Crippen LogP contribution >= 0.6 is 7.14 Å². The van der Waals surface area contributed by atoms with E-state index in [2.05, 4.69) is 5.32 Å². The Kier molecular flexibility index (Phi) is 4.12. The van der Waals surface area contributed by atoms with E-state index in [0.717, 1.165) is 25.1 Å². The first-order chi connectivity index (χ1) is 6.99. The van der Waals surface area contributed by atoms with Gasteiger partial charge in [0.15, 0.2) is 0 Å². The highest BCUT2D eigenvalue weighted by atomic mass is 31.2. The smallest absolute Gasteiger partial charge is 0.0861 e. The quantitative estimate of drug-likeness (QED) is 0.500. The number of hydrogen-bond donors (Lipinski definition) is 3. The Morgan fingerprint density at radius 2 is 2.20 bits per heavy atom. The van der Waals surface area contributed by atoms with Gasteiger partial charge in [-0.3, -0.25) is 0 Å². The maximum absolute atomic E-state index is 12.0. The first-order valence-corrected chi connectivity index (χ1v) is 7.83. The van der Waals surface area contributed by atoms with Crippen molar-refractivity contribution in [3.63, 3.8) is 0 Å². The number of nitrogens with two attached hydrogens (primary N) is 1. The van der Waals surface area contributed by atoms with Crippen molar-refractivity contribution in [2.75, 3.05) is 26.4 Å². The standard InChI is InChI=1S/C10H20N3OP/c1-15(2,14)10-3-8(6-13-7-10)9(4-11)5-12/h4-5,8,10-11,13H,3,6-7,12H2,1-2H3/b9-5+,11-4?. The SMILES string of the molecule is CP(C)(=O)C1CNCC(/C(C=N)=C/N)C1. The van der Waals surface area contributed by atoms with Gasteiger partial charge in [-0.1, -0.05) is 0 Å². The molecule has 0 amide bonds. The molecule has 0 aliphatic carbocycles. The second kappa shape index (κ2) is 4.95. The van der Waals surface area contributed by atoms with Gasteiger partial charge in [0.25, 0.3) is 0 Å². The summed E-state index contributed by atoms with van der Waals surface area (Å²) < 4.78 is 12.0. The Morgan fingerprint density at radius 1 is 1.53 bits per heavy atom. The fraction of sp³-hybridized carbons (Fsp3) is 0.700. The van der Waals surface area contributed by atoms with E-state index in [1.807, 2.05) is 13.3 Å². The van der Waals surface area contributed by atoms with Gasteiger partial charge in [-0.25, -0.2) is 0 Å². The van der Waals surface area contributed by atoms with Gasteiger partial charge in [0.1, 0.15) is 0 Å². The normalized spacial score (nSPS) is 28.8. The molecule has 1 aliphatic heterocycles. The average molecular weight is 229 g/mol. The van der Waals surface area contributed by atoms with Crippen molar-refractivity contribution in [1.29, 1.82) is 5.41 Å². The summed E-state index contributed by atoms with van der Waals surface area (Å²) in [6.45, 7) is 5.31. The van der Waals surface area contributed by atoms with Crippen LogP contribution in [-0.2, 0) is 4.57 Å². The van der Waals surface area contributed by atoms with Gasteiger partial charge >= 0.3 is 0 Å². The number of hydrogen-bond acceptors (Lipinski definition) is 4. The third kappa shape index (κ3) is 3.18. The van der Waals surface area contributed by atoms with Crippen LogP contribution in [0.4, 0.5) is 0 Å². The van der Waals surface area contributed by atoms with Gasteiger partial charge < -0.3 is 21.0 Å². The van der Waals surface area contributed by atoms with Crippen molar-refractivity contribution in [1.82, 2.24) is 5.32 Å². The van der Waals surface area contributed by atoms with Crippen molar-refractivity contribution < 1.29 is 4.57 Å². The molecule has 4 N–H and O–H groups in total. The summed E-state index contributed by atoms with van der Waals surface area (Å²) in [6.07, 6.45) is 3.65. The van der Waals surface area contributed by atoms with Crippen molar-refractivity contribution in [3.05, 3.63) is 11.8 Å². The van der Waals surface area contributed by atoms with Crippen LogP contribution in [0.1, 0.15) is 6.42 Å². The maximum Gasteiger partial charge on any atom is 0.0861 e. The molecule has 4 nitrogen and oxygen atoms in total. The summed E-state index contributed by atoms with van der Waals surface area (Å²) in [5.41, 5.74) is 6.51. The fourth-order valence-electron chi connectivity index (χ4n) is 1.95. The van der Waals surface area contributed by atoms with Crippen molar-refractivity contribution in [2.45, 2.75) is 12.1 Å². The molecular formula is C10H20N3OP. The Bertz CT molecular complexity index is 308. The lowest BCUT2D eigenvalue weighted by atomic mass is 9.92. The minimum Gasteiger partial charge on any atom is -0.404 e. The summed E-state index contributed by atoms with van der Waals surface area (Å²) in [7, 11) is -2.04. The van der Waals surface area contributed by atoms with E-state index in [0.29, 0.717) is 0 Å². The minimum absolute atomic E-state index is 0.214. The monoisotopic (exact) mass is 229 g/mol. The summed E-state index contributed by atoms with van der Waals surface area (Å²) in [6, 6.07) is 0. The summed E-state index contributed by atoms with van der Waals surface area (Å²) in [5, 5.41) is 10.5. The molecule has 0 aromatic heterocycles. The van der Waals surface area contributed by atoms with E-state index in [4.69, 9.17) is 11.1 Å². The average Bonchev–Trinajstić information content (AvgIpc) is 2.19. The van der Waals surface area contributed by atoms with Crippen LogP contribution < -0.4 is 11.1 Å². The van der Waals surface area contributed by atoms with Crippen LogP contribution in [0.15, 0.2) is 11.8 Å². The Hall–Kier alpha value is -0.600. The lowest BCUT2D eigenvalue weighted by Crippen LogP contribution is -2.40. The number of piperidine rings is 1. The zero-order chi connectivity index (χ0) is 11.5. The van der Waals surface area contributed by atoms with E-state index >= 15 is 0 Å². The Balaban J connectivity index is 2.72. The zero-order valence-corrected chi connectivity index (χ0v) is 10.3. The molecule has 1 rings (SSSR count). The van der Waals surface area contributed by atoms with Gasteiger partial charge in [0.2, 0.25) is 0 Å².